The van der Waals surface area contributed by atoms with E-state index in [1.807, 2.05) is 30.3 Å². The van der Waals surface area contributed by atoms with Crippen LogP contribution in [0.1, 0.15) is 30.4 Å². The number of aromatic nitrogens is 4. The largest absolute Gasteiger partial charge is 0.470 e. The zero-order valence-electron chi connectivity index (χ0n) is 22.8. The molecule has 2 aromatic carbocycles. The lowest BCUT2D eigenvalue weighted by atomic mass is 9.88. The molecule has 2 fully saturated rings. The first-order chi connectivity index (χ1) is 20.7. The summed E-state index contributed by atoms with van der Waals surface area (Å²) < 4.78 is 30.8. The van der Waals surface area contributed by atoms with Crippen molar-refractivity contribution in [3.8, 4) is 0 Å². The van der Waals surface area contributed by atoms with Crippen LogP contribution in [0.4, 0.5) is 5.82 Å². The number of nitrogens with one attached hydrogen (secondary N) is 2. The van der Waals surface area contributed by atoms with E-state index in [2.05, 4.69) is 25.7 Å². The van der Waals surface area contributed by atoms with Gasteiger partial charge in [0.15, 0.2) is 28.8 Å². The zero-order chi connectivity index (χ0) is 30.2. The molecule has 0 radical (unpaired) electrons. The molecule has 0 spiro atoms. The maximum Gasteiger partial charge on any atom is 0.470 e. The SMILES string of the molecule is C[C@H](NOCc1ccccc1)C(=O)Nc1ncnc2c1ncn2[C@@H]1O[C@]2(C(OP(=O)(O)O)c3ccccc3)CO[C@@H]1[C@H]2O. The number of hydrogen-bond donors (Lipinski definition) is 5. The van der Waals surface area contributed by atoms with Crippen LogP contribution in [0.5, 0.6) is 0 Å². The smallest absolute Gasteiger partial charge is 0.387 e. The quantitative estimate of drug-likeness (QED) is 0.121. The van der Waals surface area contributed by atoms with Gasteiger partial charge in [-0.2, -0.15) is 5.48 Å². The first kappa shape index (κ1) is 29.4. The Morgan fingerprint density at radius 2 is 1.86 bits per heavy atom. The number of hydroxylamine groups is 1. The molecule has 2 bridgehead atoms. The minimum atomic E-state index is -5.01. The van der Waals surface area contributed by atoms with Gasteiger partial charge >= 0.3 is 7.82 Å². The Balaban J connectivity index is 1.21. The monoisotopic (exact) mass is 612 g/mol. The Morgan fingerprint density at radius 3 is 2.58 bits per heavy atom. The van der Waals surface area contributed by atoms with Crippen LogP contribution in [0, 0.1) is 0 Å². The van der Waals surface area contributed by atoms with Crippen LogP contribution in [-0.2, 0) is 34.8 Å². The summed E-state index contributed by atoms with van der Waals surface area (Å²) in [6.45, 7) is 1.71. The van der Waals surface area contributed by atoms with E-state index in [-0.39, 0.29) is 30.2 Å². The second-order valence-electron chi connectivity index (χ2n) is 10.2. The first-order valence-corrected chi connectivity index (χ1v) is 14.9. The number of aliphatic hydroxyl groups excluding tert-OH is 1. The van der Waals surface area contributed by atoms with Crippen LogP contribution in [0.25, 0.3) is 11.2 Å². The maximum absolute atomic E-state index is 12.9. The molecule has 4 aromatic rings. The maximum atomic E-state index is 12.9. The number of benzene rings is 2. The van der Waals surface area contributed by atoms with Crippen LogP contribution >= 0.6 is 7.82 Å². The van der Waals surface area contributed by atoms with Gasteiger partial charge in [0.1, 0.15) is 30.7 Å². The molecule has 4 heterocycles. The van der Waals surface area contributed by atoms with Gasteiger partial charge in [0.05, 0.1) is 19.5 Å². The molecular formula is C27H29N6O9P. The molecule has 0 aliphatic carbocycles. The molecule has 15 nitrogen and oxygen atoms in total. The number of fused-ring (bicyclic) bond motifs is 3. The molecule has 6 atom stereocenters. The van der Waals surface area contributed by atoms with E-state index in [4.69, 9.17) is 18.8 Å². The van der Waals surface area contributed by atoms with Crippen LogP contribution < -0.4 is 10.8 Å². The van der Waals surface area contributed by atoms with Crippen LogP contribution in [0.15, 0.2) is 73.3 Å². The summed E-state index contributed by atoms with van der Waals surface area (Å²) in [5, 5.41) is 14.0. The predicted octanol–water partition coefficient (Wildman–Crippen LogP) is 1.75. The molecule has 1 amide bonds. The van der Waals surface area contributed by atoms with E-state index in [9.17, 15) is 24.3 Å². The summed E-state index contributed by atoms with van der Waals surface area (Å²) in [5.74, 6) is -0.298. The van der Waals surface area contributed by atoms with Gasteiger partial charge in [-0.1, -0.05) is 60.7 Å². The number of phosphoric ester groups is 1. The zero-order valence-corrected chi connectivity index (χ0v) is 23.7. The second kappa shape index (κ2) is 11.8. The van der Waals surface area contributed by atoms with Gasteiger partial charge in [0, 0.05) is 0 Å². The number of anilines is 1. The highest BCUT2D eigenvalue weighted by Crippen LogP contribution is 2.56. The minimum absolute atomic E-state index is 0.136. The fourth-order valence-electron chi connectivity index (χ4n) is 5.25. The molecule has 0 saturated carbocycles. The Labute approximate surface area is 245 Å². The van der Waals surface area contributed by atoms with Gasteiger partial charge in [0.25, 0.3) is 0 Å². The number of amides is 1. The summed E-state index contributed by atoms with van der Waals surface area (Å²) in [7, 11) is -5.01. The second-order valence-corrected chi connectivity index (χ2v) is 11.4. The van der Waals surface area contributed by atoms with Crippen molar-refractivity contribution in [1.29, 1.82) is 0 Å². The van der Waals surface area contributed by atoms with Gasteiger partial charge < -0.3 is 29.7 Å². The van der Waals surface area contributed by atoms with Crippen molar-refractivity contribution in [2.45, 2.75) is 49.7 Å². The fourth-order valence-corrected chi connectivity index (χ4v) is 5.83. The number of carbonyl (C=O) groups is 1. The number of aliphatic hydroxyl groups is 1. The molecule has 226 valence electrons. The fraction of sp³-hybridized carbons (Fsp3) is 0.333. The lowest BCUT2D eigenvalue weighted by molar-refractivity contribution is -0.207. The lowest BCUT2D eigenvalue weighted by Crippen LogP contribution is -2.47. The third kappa shape index (κ3) is 5.82. The molecule has 16 heteroatoms. The summed E-state index contributed by atoms with van der Waals surface area (Å²) in [4.78, 5) is 50.5. The first-order valence-electron chi connectivity index (χ1n) is 13.3. The third-order valence-corrected chi connectivity index (χ3v) is 7.82. The van der Waals surface area contributed by atoms with Gasteiger partial charge in [0.2, 0.25) is 5.91 Å². The Hall–Kier alpha value is -3.63. The van der Waals surface area contributed by atoms with Crippen molar-refractivity contribution >= 4 is 30.7 Å². The number of ether oxygens (including phenoxy) is 2. The van der Waals surface area contributed by atoms with Gasteiger partial charge in [-0.05, 0) is 18.1 Å². The number of nitrogens with zero attached hydrogens (tertiary/aromatic N) is 4. The van der Waals surface area contributed by atoms with Crippen molar-refractivity contribution in [2.75, 3.05) is 11.9 Å². The molecule has 43 heavy (non-hydrogen) atoms. The van der Waals surface area contributed by atoms with E-state index in [1.165, 1.54) is 17.2 Å². The number of imidazole rings is 1. The van der Waals surface area contributed by atoms with Crippen molar-refractivity contribution in [3.63, 3.8) is 0 Å². The van der Waals surface area contributed by atoms with Gasteiger partial charge in [-0.3, -0.25) is 18.7 Å². The van der Waals surface area contributed by atoms with Crippen molar-refractivity contribution < 1.29 is 43.1 Å². The predicted molar refractivity (Wildman–Crippen MR) is 149 cm³/mol. The standard InChI is InChI=1S/C27H29N6O9P/c1-16(32-40-12-17-8-4-2-5-9-17)25(35)31-23-19-24(29-14-28-23)33(15-30-19)26-20-21(34)27(41-26,13-39-20)22(42-43(36,37)38)18-10-6-3-7-11-18/h2-11,14-16,20-22,26,32,34H,12-13H2,1H3,(H2,36,37,38)(H,28,29,31,35)/t16-,20+,21+,22?,26+,27+/m0/s1. The average molecular weight is 613 g/mol. The number of carbonyl (C=O) groups excluding carboxylic acids is 1. The highest BCUT2D eigenvalue weighted by Gasteiger charge is 2.66. The Kier molecular flexibility index (Phi) is 8.08. The summed E-state index contributed by atoms with van der Waals surface area (Å²) in [6, 6.07) is 17.1. The molecule has 6 rings (SSSR count). The normalized spacial score (nSPS) is 24.7. The van der Waals surface area contributed by atoms with E-state index < -0.39 is 49.9 Å². The topological polar surface area (TPSA) is 199 Å². The summed E-state index contributed by atoms with van der Waals surface area (Å²) >= 11 is 0. The van der Waals surface area contributed by atoms with Crippen molar-refractivity contribution in [3.05, 3.63) is 84.4 Å². The van der Waals surface area contributed by atoms with Gasteiger partial charge in [-0.25, -0.2) is 19.5 Å². The molecule has 2 aliphatic rings. The number of phosphoric acid groups is 1. The molecule has 2 saturated heterocycles. The lowest BCUT2D eigenvalue weighted by Gasteiger charge is -2.37. The van der Waals surface area contributed by atoms with Crippen LogP contribution in [0.3, 0.4) is 0 Å². The Bertz CT molecular complexity index is 1640. The highest BCUT2D eigenvalue weighted by molar-refractivity contribution is 7.46. The molecule has 5 N–H and O–H groups in total. The average Bonchev–Trinajstić information content (AvgIpc) is 3.66. The van der Waals surface area contributed by atoms with Crippen molar-refractivity contribution in [1.82, 2.24) is 25.0 Å². The molecule has 1 unspecified atom stereocenters. The van der Waals surface area contributed by atoms with E-state index in [0.717, 1.165) is 5.56 Å². The molecular weight excluding hydrogens is 583 g/mol. The summed E-state index contributed by atoms with van der Waals surface area (Å²) in [6.07, 6.45) is -1.98. The van der Waals surface area contributed by atoms with Crippen LogP contribution in [0.2, 0.25) is 0 Å². The Morgan fingerprint density at radius 1 is 1.14 bits per heavy atom. The molecule has 2 aliphatic heterocycles. The van der Waals surface area contributed by atoms with Crippen molar-refractivity contribution in [2.24, 2.45) is 0 Å². The highest BCUT2D eigenvalue weighted by atomic mass is 31.2. The number of hydrogen-bond acceptors (Lipinski definition) is 11. The van der Waals surface area contributed by atoms with E-state index in [0.29, 0.717) is 5.56 Å². The minimum Gasteiger partial charge on any atom is -0.387 e. The van der Waals surface area contributed by atoms with E-state index in [1.54, 1.807) is 37.3 Å². The van der Waals surface area contributed by atoms with Gasteiger partial charge in [-0.15, -0.1) is 0 Å². The number of rotatable bonds is 11. The third-order valence-electron chi connectivity index (χ3n) is 7.33. The van der Waals surface area contributed by atoms with E-state index >= 15 is 0 Å². The molecule has 2 aromatic heterocycles. The van der Waals surface area contributed by atoms with Crippen LogP contribution in [-0.4, -0.2) is 70.8 Å². The summed E-state index contributed by atoms with van der Waals surface area (Å²) in [5.41, 5.74) is 2.88.